The molecule has 2 fully saturated rings. The molecule has 1 aromatic heterocycles. The Morgan fingerprint density at radius 1 is 1.03 bits per heavy atom. The summed E-state index contributed by atoms with van der Waals surface area (Å²) in [6.45, 7) is 1.66. The van der Waals surface area contributed by atoms with Crippen LogP contribution in [0.3, 0.4) is 0 Å². The average Bonchev–Trinajstić information content (AvgIpc) is 3.05. The van der Waals surface area contributed by atoms with Crippen LogP contribution < -0.4 is 9.64 Å². The van der Waals surface area contributed by atoms with Gasteiger partial charge < -0.3 is 14.4 Å². The molecular weight excluding hydrogens is 378 g/mol. The van der Waals surface area contributed by atoms with E-state index in [9.17, 15) is 4.79 Å². The number of piperidine rings is 1. The molecule has 0 N–H and O–H groups in total. The fraction of sp³-hybridized carbons (Fsp3) is 0.542. The number of benzene rings is 1. The second kappa shape index (κ2) is 9.92. The Morgan fingerprint density at radius 2 is 1.80 bits per heavy atom. The minimum Gasteiger partial charge on any atom is -0.497 e. The number of hydrogen-bond donors (Lipinski definition) is 0. The van der Waals surface area contributed by atoms with Gasteiger partial charge in [0.25, 0.3) is 0 Å². The van der Waals surface area contributed by atoms with E-state index in [1.165, 1.54) is 12.0 Å². The van der Waals surface area contributed by atoms with Gasteiger partial charge in [-0.05, 0) is 68.2 Å². The Kier molecular flexibility index (Phi) is 6.82. The fourth-order valence-corrected chi connectivity index (χ4v) is 4.68. The van der Waals surface area contributed by atoms with Gasteiger partial charge in [-0.25, -0.2) is 9.97 Å². The van der Waals surface area contributed by atoms with Crippen molar-refractivity contribution in [3.8, 4) is 5.75 Å². The Bertz CT molecular complexity index is 804. The van der Waals surface area contributed by atoms with Crippen LogP contribution in [0.15, 0.2) is 42.9 Å². The summed E-state index contributed by atoms with van der Waals surface area (Å²) in [6, 6.07) is 10.3. The van der Waals surface area contributed by atoms with Crippen LogP contribution in [-0.4, -0.2) is 42.2 Å². The number of esters is 1. The van der Waals surface area contributed by atoms with Crippen LogP contribution in [0.4, 0.5) is 5.82 Å². The lowest BCUT2D eigenvalue weighted by molar-refractivity contribution is -0.155. The van der Waals surface area contributed by atoms with E-state index in [0.717, 1.165) is 63.2 Å². The van der Waals surface area contributed by atoms with Gasteiger partial charge in [0.1, 0.15) is 24.0 Å². The van der Waals surface area contributed by atoms with Gasteiger partial charge in [0.15, 0.2) is 0 Å². The zero-order valence-electron chi connectivity index (χ0n) is 17.7. The van der Waals surface area contributed by atoms with Gasteiger partial charge in [0, 0.05) is 19.3 Å². The molecule has 2 aliphatic rings. The molecule has 1 saturated heterocycles. The molecule has 2 heterocycles. The zero-order chi connectivity index (χ0) is 20.8. The maximum atomic E-state index is 12.9. The molecule has 6 heteroatoms. The van der Waals surface area contributed by atoms with E-state index in [1.54, 1.807) is 19.6 Å². The Labute approximate surface area is 178 Å². The molecule has 2 aromatic rings. The summed E-state index contributed by atoms with van der Waals surface area (Å²) in [6.07, 6.45) is 10.3. The minimum absolute atomic E-state index is 0.00854. The van der Waals surface area contributed by atoms with Crippen LogP contribution >= 0.6 is 0 Å². The third-order valence-electron chi connectivity index (χ3n) is 6.46. The number of nitrogens with zero attached hydrogens (tertiary/aromatic N) is 3. The average molecular weight is 410 g/mol. The first-order valence-electron chi connectivity index (χ1n) is 11.1. The predicted molar refractivity (Wildman–Crippen MR) is 116 cm³/mol. The van der Waals surface area contributed by atoms with E-state index in [2.05, 4.69) is 27.0 Å². The quantitative estimate of drug-likeness (QED) is 0.540. The molecule has 0 amide bonds. The van der Waals surface area contributed by atoms with Crippen molar-refractivity contribution in [1.29, 1.82) is 0 Å². The van der Waals surface area contributed by atoms with Crippen LogP contribution in [0.1, 0.15) is 56.4 Å². The highest BCUT2D eigenvalue weighted by atomic mass is 16.5. The largest absolute Gasteiger partial charge is 0.497 e. The smallest absolute Gasteiger partial charge is 0.309 e. The van der Waals surface area contributed by atoms with Crippen molar-refractivity contribution in [2.45, 2.75) is 57.0 Å². The van der Waals surface area contributed by atoms with Gasteiger partial charge in [-0.15, -0.1) is 0 Å². The second-order valence-corrected chi connectivity index (χ2v) is 8.38. The molecular formula is C24H31N3O3. The third kappa shape index (κ3) is 5.10. The van der Waals surface area contributed by atoms with Gasteiger partial charge >= 0.3 is 5.97 Å². The topological polar surface area (TPSA) is 64.6 Å². The van der Waals surface area contributed by atoms with Gasteiger partial charge in [-0.3, -0.25) is 4.79 Å². The lowest BCUT2D eigenvalue weighted by Gasteiger charge is -2.32. The molecule has 160 valence electrons. The molecule has 6 nitrogen and oxygen atoms in total. The summed E-state index contributed by atoms with van der Waals surface area (Å²) < 4.78 is 11.3. The second-order valence-electron chi connectivity index (χ2n) is 8.38. The number of aromatic nitrogens is 2. The van der Waals surface area contributed by atoms with Gasteiger partial charge in [-0.1, -0.05) is 18.6 Å². The Morgan fingerprint density at radius 3 is 2.50 bits per heavy atom. The molecule has 1 aliphatic heterocycles. The van der Waals surface area contributed by atoms with E-state index in [4.69, 9.17) is 9.47 Å². The monoisotopic (exact) mass is 409 g/mol. The maximum Gasteiger partial charge on any atom is 0.309 e. The summed E-state index contributed by atoms with van der Waals surface area (Å²) in [7, 11) is 1.69. The number of carbonyl (C=O) groups excluding carboxylic acids is 1. The highest BCUT2D eigenvalue weighted by molar-refractivity contribution is 5.73. The van der Waals surface area contributed by atoms with Gasteiger partial charge in [0.05, 0.1) is 13.0 Å². The van der Waals surface area contributed by atoms with Gasteiger partial charge in [-0.2, -0.15) is 0 Å². The van der Waals surface area contributed by atoms with Crippen molar-refractivity contribution in [2.75, 3.05) is 25.1 Å². The minimum atomic E-state index is -0.0160. The highest BCUT2D eigenvalue weighted by Crippen LogP contribution is 2.34. The lowest BCUT2D eigenvalue weighted by atomic mass is 9.91. The molecule has 1 aliphatic carbocycles. The number of ether oxygens (including phenoxy) is 2. The molecule has 0 spiro atoms. The van der Waals surface area contributed by atoms with Crippen molar-refractivity contribution >= 4 is 11.8 Å². The molecule has 2 unspecified atom stereocenters. The summed E-state index contributed by atoms with van der Waals surface area (Å²) in [4.78, 5) is 23.4. The van der Waals surface area contributed by atoms with Crippen LogP contribution in [0.5, 0.6) is 5.75 Å². The fourth-order valence-electron chi connectivity index (χ4n) is 4.68. The summed E-state index contributed by atoms with van der Waals surface area (Å²) in [5.74, 6) is 2.23. The standard InChI is InChI=1S/C24H31N3O3/c1-29-21-8-6-18(7-9-21)20-4-2-3-5-22(16-20)30-24(28)19-11-14-27(15-12-19)23-10-13-25-17-26-23/h6-10,13,17,19-20,22H,2-5,11-12,14-16H2,1H3. The zero-order valence-corrected chi connectivity index (χ0v) is 17.7. The maximum absolute atomic E-state index is 12.9. The van der Waals surface area contributed by atoms with Crippen molar-refractivity contribution in [3.05, 3.63) is 48.4 Å². The molecule has 0 bridgehead atoms. The van der Waals surface area contributed by atoms with E-state index in [0.29, 0.717) is 5.92 Å². The number of rotatable bonds is 5. The van der Waals surface area contributed by atoms with E-state index in [-0.39, 0.29) is 18.0 Å². The highest BCUT2D eigenvalue weighted by Gasteiger charge is 2.30. The van der Waals surface area contributed by atoms with Crippen molar-refractivity contribution in [3.63, 3.8) is 0 Å². The van der Waals surface area contributed by atoms with Crippen molar-refractivity contribution < 1.29 is 14.3 Å². The van der Waals surface area contributed by atoms with Gasteiger partial charge in [0.2, 0.25) is 0 Å². The lowest BCUT2D eigenvalue weighted by Crippen LogP contribution is -2.38. The first kappa shape index (κ1) is 20.6. The molecule has 2 atom stereocenters. The van der Waals surface area contributed by atoms with Crippen molar-refractivity contribution in [2.24, 2.45) is 5.92 Å². The third-order valence-corrected chi connectivity index (χ3v) is 6.46. The van der Waals surface area contributed by atoms with Crippen LogP contribution in [0.2, 0.25) is 0 Å². The molecule has 4 rings (SSSR count). The first-order valence-corrected chi connectivity index (χ1v) is 11.1. The Balaban J connectivity index is 1.31. The normalized spacial score (nSPS) is 22.9. The van der Waals surface area contributed by atoms with E-state index in [1.807, 2.05) is 18.2 Å². The number of methoxy groups -OCH3 is 1. The van der Waals surface area contributed by atoms with E-state index >= 15 is 0 Å². The number of hydrogen-bond acceptors (Lipinski definition) is 6. The molecule has 0 radical (unpaired) electrons. The van der Waals surface area contributed by atoms with E-state index < -0.39 is 0 Å². The summed E-state index contributed by atoms with van der Waals surface area (Å²) in [5, 5.41) is 0. The molecule has 30 heavy (non-hydrogen) atoms. The Hall–Kier alpha value is -2.63. The van der Waals surface area contributed by atoms with Crippen LogP contribution in [0.25, 0.3) is 0 Å². The summed E-state index contributed by atoms with van der Waals surface area (Å²) >= 11 is 0. The van der Waals surface area contributed by atoms with Crippen molar-refractivity contribution in [1.82, 2.24) is 9.97 Å². The molecule has 1 aromatic carbocycles. The predicted octanol–water partition coefficient (Wildman–Crippen LogP) is 4.36. The number of anilines is 1. The molecule has 1 saturated carbocycles. The number of carbonyl (C=O) groups is 1. The SMILES string of the molecule is COc1ccc(C2CCCCC(OC(=O)C3CCN(c4ccncn4)CC3)C2)cc1. The van der Waals surface area contributed by atoms with Crippen LogP contribution in [-0.2, 0) is 9.53 Å². The summed E-state index contributed by atoms with van der Waals surface area (Å²) in [5.41, 5.74) is 1.32. The first-order chi connectivity index (χ1) is 14.7. The van der Waals surface area contributed by atoms with Crippen LogP contribution in [0, 0.1) is 5.92 Å².